The second-order valence-electron chi connectivity index (χ2n) is 3.98. The molecule has 3 heteroatoms. The van der Waals surface area contributed by atoms with Gasteiger partial charge in [0, 0.05) is 6.42 Å². The molecule has 0 aliphatic rings. The predicted molar refractivity (Wildman–Crippen MR) is 54.3 cm³/mol. The first-order chi connectivity index (χ1) is 6.53. The maximum Gasteiger partial charge on any atom is 0.109 e. The van der Waals surface area contributed by atoms with Crippen molar-refractivity contribution >= 4 is 0 Å². The van der Waals surface area contributed by atoms with E-state index in [9.17, 15) is 4.39 Å². The van der Waals surface area contributed by atoms with Crippen LogP contribution in [-0.2, 0) is 17.9 Å². The first kappa shape index (κ1) is 11.1. The Morgan fingerprint density at radius 2 is 1.86 bits per heavy atom. The average Bonchev–Trinajstić information content (AvgIpc) is 2.06. The van der Waals surface area contributed by atoms with Crippen molar-refractivity contribution in [3.8, 4) is 0 Å². The van der Waals surface area contributed by atoms with E-state index in [2.05, 4.69) is 4.84 Å². The Labute approximate surface area is 83.8 Å². The second kappa shape index (κ2) is 4.53. The van der Waals surface area contributed by atoms with Crippen molar-refractivity contribution in [2.75, 3.05) is 0 Å². The fourth-order valence-corrected chi connectivity index (χ4v) is 1.41. The van der Waals surface area contributed by atoms with Gasteiger partial charge in [-0.25, -0.2) is 10.3 Å². The molecular weight excluding hydrogens is 181 g/mol. The largest absolute Gasteiger partial charge is 0.300 e. The van der Waals surface area contributed by atoms with Crippen molar-refractivity contribution in [3.05, 3.63) is 35.4 Å². The van der Waals surface area contributed by atoms with Crippen LogP contribution >= 0.6 is 0 Å². The summed E-state index contributed by atoms with van der Waals surface area (Å²) in [5.41, 5.74) is 0.691. The van der Waals surface area contributed by atoms with Crippen molar-refractivity contribution in [2.45, 2.75) is 32.5 Å². The van der Waals surface area contributed by atoms with Gasteiger partial charge in [0.05, 0.1) is 6.61 Å². The van der Waals surface area contributed by atoms with Gasteiger partial charge < -0.3 is 0 Å². The summed E-state index contributed by atoms with van der Waals surface area (Å²) in [6.07, 6.45) is 0.381. The van der Waals surface area contributed by atoms with Crippen LogP contribution in [0.15, 0.2) is 24.3 Å². The molecule has 0 aromatic heterocycles. The highest BCUT2D eigenvalue weighted by Crippen LogP contribution is 2.19. The summed E-state index contributed by atoms with van der Waals surface area (Å²) in [7, 11) is 0. The van der Waals surface area contributed by atoms with E-state index in [1.54, 1.807) is 13.8 Å². The van der Waals surface area contributed by atoms with E-state index in [1.165, 1.54) is 0 Å². The van der Waals surface area contributed by atoms with Gasteiger partial charge in [-0.2, -0.15) is 0 Å². The Balaban J connectivity index is 2.84. The zero-order valence-electron chi connectivity index (χ0n) is 8.59. The molecule has 2 N–H and O–H groups in total. The number of benzene rings is 1. The molecule has 1 aromatic carbocycles. The van der Waals surface area contributed by atoms with Gasteiger partial charge >= 0.3 is 0 Å². The molecule has 1 aromatic rings. The maximum absolute atomic E-state index is 13.4. The smallest absolute Gasteiger partial charge is 0.109 e. The number of hydrogen-bond acceptors (Lipinski definition) is 2. The number of rotatable bonds is 4. The zero-order chi connectivity index (χ0) is 10.6. The van der Waals surface area contributed by atoms with Crippen LogP contribution in [0.4, 0.5) is 4.39 Å². The number of hydrogen-bond donors (Lipinski definition) is 1. The summed E-state index contributed by atoms with van der Waals surface area (Å²) in [6, 6.07) is 7.58. The van der Waals surface area contributed by atoms with E-state index in [4.69, 9.17) is 5.90 Å². The molecule has 78 valence electrons. The highest BCUT2D eigenvalue weighted by molar-refractivity contribution is 5.27. The van der Waals surface area contributed by atoms with E-state index >= 15 is 0 Å². The standard InChI is InChI=1S/C11H16FNO/c1-11(2,12)7-9-5-3-4-6-10(9)8-14-13/h3-6H,7-8,13H2,1-2H3. The monoisotopic (exact) mass is 197 g/mol. The van der Waals surface area contributed by atoms with Gasteiger partial charge in [0.2, 0.25) is 0 Å². The second-order valence-corrected chi connectivity index (χ2v) is 3.98. The SMILES string of the molecule is CC(C)(F)Cc1ccccc1CON. The third-order valence-corrected chi connectivity index (χ3v) is 1.97. The number of nitrogens with two attached hydrogens (primary N) is 1. The van der Waals surface area contributed by atoms with Crippen LogP contribution in [0.2, 0.25) is 0 Å². The minimum Gasteiger partial charge on any atom is -0.300 e. The van der Waals surface area contributed by atoms with Crippen LogP contribution in [0.3, 0.4) is 0 Å². The molecule has 0 saturated heterocycles. The zero-order valence-corrected chi connectivity index (χ0v) is 8.59. The molecule has 0 aliphatic carbocycles. The minimum atomic E-state index is -1.20. The Morgan fingerprint density at radius 3 is 2.36 bits per heavy atom. The lowest BCUT2D eigenvalue weighted by Gasteiger charge is -2.16. The van der Waals surface area contributed by atoms with Gasteiger partial charge in [-0.3, -0.25) is 4.84 Å². The Hall–Kier alpha value is -0.930. The normalized spacial score (nSPS) is 11.7. The number of halogens is 1. The number of alkyl halides is 1. The Bertz CT molecular complexity index is 294. The van der Waals surface area contributed by atoms with Crippen LogP contribution in [-0.4, -0.2) is 5.67 Å². The molecule has 0 atom stereocenters. The minimum absolute atomic E-state index is 0.326. The molecular formula is C11H16FNO. The molecule has 2 nitrogen and oxygen atoms in total. The molecule has 0 unspecified atom stereocenters. The molecule has 0 spiro atoms. The quantitative estimate of drug-likeness (QED) is 0.752. The van der Waals surface area contributed by atoms with Crippen LogP contribution in [0.1, 0.15) is 25.0 Å². The third-order valence-electron chi connectivity index (χ3n) is 1.97. The molecule has 0 amide bonds. The van der Waals surface area contributed by atoms with Crippen LogP contribution in [0.5, 0.6) is 0 Å². The van der Waals surface area contributed by atoms with Crippen molar-refractivity contribution in [3.63, 3.8) is 0 Å². The van der Waals surface area contributed by atoms with Crippen LogP contribution in [0, 0.1) is 0 Å². The summed E-state index contributed by atoms with van der Waals surface area (Å²) in [4.78, 5) is 4.56. The average molecular weight is 197 g/mol. The topological polar surface area (TPSA) is 35.2 Å². The van der Waals surface area contributed by atoms with Gasteiger partial charge in [-0.05, 0) is 25.0 Å². The van der Waals surface area contributed by atoms with Gasteiger partial charge in [0.1, 0.15) is 5.67 Å². The van der Waals surface area contributed by atoms with Crippen molar-refractivity contribution in [1.82, 2.24) is 0 Å². The highest BCUT2D eigenvalue weighted by atomic mass is 19.1. The highest BCUT2D eigenvalue weighted by Gasteiger charge is 2.17. The van der Waals surface area contributed by atoms with Crippen molar-refractivity contribution in [1.29, 1.82) is 0 Å². The summed E-state index contributed by atoms with van der Waals surface area (Å²) >= 11 is 0. The lowest BCUT2D eigenvalue weighted by atomic mass is 9.96. The molecule has 0 fully saturated rings. The molecule has 0 saturated carbocycles. The van der Waals surface area contributed by atoms with Crippen LogP contribution in [0.25, 0.3) is 0 Å². The lowest BCUT2D eigenvalue weighted by molar-refractivity contribution is 0.122. The van der Waals surface area contributed by atoms with Crippen LogP contribution < -0.4 is 5.90 Å². The van der Waals surface area contributed by atoms with Gasteiger partial charge in [-0.1, -0.05) is 24.3 Å². The summed E-state index contributed by atoms with van der Waals surface area (Å²) in [5, 5.41) is 0. The summed E-state index contributed by atoms with van der Waals surface area (Å²) in [5.74, 6) is 5.00. The molecule has 0 heterocycles. The summed E-state index contributed by atoms with van der Waals surface area (Å²) < 4.78 is 13.4. The van der Waals surface area contributed by atoms with Gasteiger partial charge in [0.25, 0.3) is 0 Å². The first-order valence-electron chi connectivity index (χ1n) is 4.60. The molecule has 0 radical (unpaired) electrons. The fourth-order valence-electron chi connectivity index (χ4n) is 1.41. The van der Waals surface area contributed by atoms with Gasteiger partial charge in [0.15, 0.2) is 0 Å². The summed E-state index contributed by atoms with van der Waals surface area (Å²) in [6.45, 7) is 3.45. The van der Waals surface area contributed by atoms with E-state index in [0.29, 0.717) is 13.0 Å². The Kier molecular flexibility index (Phi) is 3.61. The molecule has 14 heavy (non-hydrogen) atoms. The van der Waals surface area contributed by atoms with E-state index < -0.39 is 5.67 Å². The lowest BCUT2D eigenvalue weighted by Crippen LogP contribution is -2.17. The van der Waals surface area contributed by atoms with Gasteiger partial charge in [-0.15, -0.1) is 0 Å². The fraction of sp³-hybridized carbons (Fsp3) is 0.455. The molecule has 0 bridgehead atoms. The Morgan fingerprint density at radius 1 is 1.29 bits per heavy atom. The van der Waals surface area contributed by atoms with Crippen molar-refractivity contribution < 1.29 is 9.23 Å². The molecule has 0 aliphatic heterocycles. The van der Waals surface area contributed by atoms with E-state index in [-0.39, 0.29) is 0 Å². The van der Waals surface area contributed by atoms with E-state index in [0.717, 1.165) is 11.1 Å². The predicted octanol–water partition coefficient (Wildman–Crippen LogP) is 2.37. The third kappa shape index (κ3) is 3.44. The van der Waals surface area contributed by atoms with E-state index in [1.807, 2.05) is 24.3 Å². The first-order valence-corrected chi connectivity index (χ1v) is 4.60. The molecule has 1 rings (SSSR count). The van der Waals surface area contributed by atoms with Crippen molar-refractivity contribution in [2.24, 2.45) is 5.90 Å². The maximum atomic E-state index is 13.4.